The molecule has 1 saturated heterocycles. The minimum absolute atomic E-state index is 0.0756. The molecule has 0 radical (unpaired) electrons. The molecule has 2 aliphatic heterocycles. The molecule has 2 heterocycles. The molecule has 3 atom stereocenters. The van der Waals surface area contributed by atoms with Crippen LogP contribution in [-0.4, -0.2) is 48.0 Å². The zero-order valence-corrected chi connectivity index (χ0v) is 22.0. The van der Waals surface area contributed by atoms with E-state index in [1.165, 1.54) is 17.0 Å². The van der Waals surface area contributed by atoms with Crippen molar-refractivity contribution in [3.63, 3.8) is 0 Å². The van der Waals surface area contributed by atoms with E-state index < -0.39 is 34.9 Å². The number of halogens is 1. The number of hydrogen-bond donors (Lipinski definition) is 2. The number of nitrogens with zero attached hydrogens (tertiary/aromatic N) is 2. The van der Waals surface area contributed by atoms with E-state index in [9.17, 15) is 14.4 Å². The van der Waals surface area contributed by atoms with Crippen LogP contribution in [0.4, 0.5) is 20.6 Å². The fraction of sp³-hybridized carbons (Fsp3) is 0.464. The normalized spacial score (nSPS) is 23.8. The first kappa shape index (κ1) is 26.6. The zero-order chi connectivity index (χ0) is 27.1. The maximum Gasteiger partial charge on any atom is 0.414 e. The van der Waals surface area contributed by atoms with Crippen LogP contribution in [0.3, 0.4) is 0 Å². The summed E-state index contributed by atoms with van der Waals surface area (Å²) in [6.07, 6.45) is -0.0279. The van der Waals surface area contributed by atoms with Gasteiger partial charge in [0.25, 0.3) is 0 Å². The van der Waals surface area contributed by atoms with Gasteiger partial charge in [-0.15, -0.1) is 0 Å². The molecule has 37 heavy (non-hydrogen) atoms. The number of nitrogens with one attached hydrogen (secondary N) is 1. The molecule has 9 heteroatoms. The highest BCUT2D eigenvalue weighted by molar-refractivity contribution is 6.10. The Morgan fingerprint density at radius 3 is 2.51 bits per heavy atom. The SMILES string of the molecule is CCN(C(=O)OC(C)(C)C)c1cc(F)cc2c1NC(=O)[C@@]2(C)N1CC[C@@H](c2ccccc2)[C@@H](C(N)=O)C1. The van der Waals surface area contributed by atoms with E-state index in [0.717, 1.165) is 5.56 Å². The lowest BCUT2D eigenvalue weighted by atomic mass is 9.77. The van der Waals surface area contributed by atoms with Crippen LogP contribution in [0.15, 0.2) is 42.5 Å². The number of rotatable bonds is 5. The Morgan fingerprint density at radius 1 is 1.24 bits per heavy atom. The van der Waals surface area contributed by atoms with E-state index in [1.807, 2.05) is 35.2 Å². The predicted octanol–water partition coefficient (Wildman–Crippen LogP) is 4.35. The van der Waals surface area contributed by atoms with Crippen LogP contribution in [-0.2, 0) is 19.9 Å². The molecule has 0 aromatic heterocycles. The summed E-state index contributed by atoms with van der Waals surface area (Å²) < 4.78 is 20.6. The Balaban J connectivity index is 1.72. The zero-order valence-electron chi connectivity index (χ0n) is 22.0. The second kappa shape index (κ2) is 9.78. The monoisotopic (exact) mass is 510 g/mol. The summed E-state index contributed by atoms with van der Waals surface area (Å²) in [6, 6.07) is 12.3. The Bertz CT molecular complexity index is 1210. The molecular formula is C28H35FN4O4. The minimum Gasteiger partial charge on any atom is -0.443 e. The first-order valence-corrected chi connectivity index (χ1v) is 12.6. The predicted molar refractivity (Wildman–Crippen MR) is 140 cm³/mol. The lowest BCUT2D eigenvalue weighted by molar-refractivity contribution is -0.133. The van der Waals surface area contributed by atoms with Gasteiger partial charge >= 0.3 is 6.09 Å². The molecule has 198 valence electrons. The lowest BCUT2D eigenvalue weighted by Gasteiger charge is -2.44. The molecule has 4 rings (SSSR count). The van der Waals surface area contributed by atoms with Crippen LogP contribution in [0.25, 0.3) is 0 Å². The summed E-state index contributed by atoms with van der Waals surface area (Å²) in [5.41, 5.74) is 5.87. The highest BCUT2D eigenvalue weighted by Gasteiger charge is 2.52. The van der Waals surface area contributed by atoms with Gasteiger partial charge in [-0.3, -0.25) is 19.4 Å². The van der Waals surface area contributed by atoms with E-state index in [0.29, 0.717) is 24.2 Å². The number of carbonyl (C=O) groups excluding carboxylic acids is 3. The van der Waals surface area contributed by atoms with Gasteiger partial charge in [-0.2, -0.15) is 0 Å². The van der Waals surface area contributed by atoms with Gasteiger partial charge in [0.05, 0.1) is 17.3 Å². The summed E-state index contributed by atoms with van der Waals surface area (Å²) in [4.78, 5) is 42.2. The number of primary amides is 1. The summed E-state index contributed by atoms with van der Waals surface area (Å²) in [7, 11) is 0. The van der Waals surface area contributed by atoms with Gasteiger partial charge in [0, 0.05) is 25.2 Å². The molecule has 3 N–H and O–H groups in total. The number of piperidine rings is 1. The molecule has 2 aromatic carbocycles. The van der Waals surface area contributed by atoms with Crippen molar-refractivity contribution in [3.8, 4) is 0 Å². The number of benzene rings is 2. The van der Waals surface area contributed by atoms with Gasteiger partial charge in [-0.05, 0) is 64.7 Å². The number of carbonyl (C=O) groups is 3. The Morgan fingerprint density at radius 2 is 1.92 bits per heavy atom. The van der Waals surface area contributed by atoms with Crippen molar-refractivity contribution in [2.24, 2.45) is 11.7 Å². The Kier molecular flexibility index (Phi) is 7.03. The second-order valence-electron chi connectivity index (χ2n) is 10.9. The summed E-state index contributed by atoms with van der Waals surface area (Å²) in [5.74, 6) is -1.97. The summed E-state index contributed by atoms with van der Waals surface area (Å²) in [5, 5.41) is 2.89. The van der Waals surface area contributed by atoms with Crippen LogP contribution in [0, 0.1) is 11.7 Å². The van der Waals surface area contributed by atoms with Crippen LogP contribution >= 0.6 is 0 Å². The molecule has 0 aliphatic carbocycles. The first-order chi connectivity index (χ1) is 17.4. The van der Waals surface area contributed by atoms with Gasteiger partial charge in [-0.1, -0.05) is 30.3 Å². The van der Waals surface area contributed by atoms with Crippen LogP contribution in [0.1, 0.15) is 58.1 Å². The van der Waals surface area contributed by atoms with Crippen molar-refractivity contribution < 1.29 is 23.5 Å². The fourth-order valence-electron chi connectivity index (χ4n) is 5.45. The Labute approximate surface area is 216 Å². The Hall–Kier alpha value is -3.46. The van der Waals surface area contributed by atoms with Crippen molar-refractivity contribution in [2.75, 3.05) is 29.9 Å². The van der Waals surface area contributed by atoms with E-state index in [2.05, 4.69) is 5.32 Å². The van der Waals surface area contributed by atoms with Gasteiger partial charge in [0.1, 0.15) is 17.0 Å². The largest absolute Gasteiger partial charge is 0.443 e. The van der Waals surface area contributed by atoms with Crippen molar-refractivity contribution in [1.82, 2.24) is 4.90 Å². The third-order valence-corrected chi connectivity index (χ3v) is 7.35. The molecule has 0 bridgehead atoms. The quantitative estimate of drug-likeness (QED) is 0.623. The summed E-state index contributed by atoms with van der Waals surface area (Å²) >= 11 is 0. The van der Waals surface area contributed by atoms with Crippen molar-refractivity contribution >= 4 is 29.3 Å². The fourth-order valence-corrected chi connectivity index (χ4v) is 5.45. The van der Waals surface area contributed by atoms with E-state index in [-0.39, 0.29) is 30.6 Å². The first-order valence-electron chi connectivity index (χ1n) is 12.6. The van der Waals surface area contributed by atoms with Crippen LogP contribution in [0.2, 0.25) is 0 Å². The highest BCUT2D eigenvalue weighted by atomic mass is 19.1. The topological polar surface area (TPSA) is 105 Å². The van der Waals surface area contributed by atoms with Gasteiger partial charge in [0.2, 0.25) is 11.8 Å². The number of amides is 3. The molecule has 0 unspecified atom stereocenters. The van der Waals surface area contributed by atoms with Gasteiger partial charge in [-0.25, -0.2) is 9.18 Å². The van der Waals surface area contributed by atoms with E-state index >= 15 is 4.39 Å². The molecule has 2 aliphatic rings. The molecule has 1 fully saturated rings. The maximum atomic E-state index is 15.0. The number of likely N-dealkylation sites (tertiary alicyclic amines) is 1. The maximum absolute atomic E-state index is 15.0. The molecule has 2 aromatic rings. The average Bonchev–Trinajstić information content (AvgIpc) is 3.09. The molecule has 3 amide bonds. The number of anilines is 2. The van der Waals surface area contributed by atoms with E-state index in [4.69, 9.17) is 10.5 Å². The molecule has 0 spiro atoms. The lowest BCUT2D eigenvalue weighted by Crippen LogP contribution is -2.55. The van der Waals surface area contributed by atoms with E-state index in [1.54, 1.807) is 34.6 Å². The molecule has 8 nitrogen and oxygen atoms in total. The standard InChI is InChI=1S/C28H35FN4O4/c1-6-33(26(36)37-27(2,3)4)22-15-18(29)14-21-23(22)31-25(35)28(21,5)32-13-12-19(20(16-32)24(30)34)17-10-8-7-9-11-17/h7-11,14-15,19-20H,6,12-13,16H2,1-5H3,(H2,30,34)(H,31,35)/t19-,20-,28-/m0/s1. The van der Waals surface area contributed by atoms with Crippen molar-refractivity contribution in [1.29, 1.82) is 0 Å². The van der Waals surface area contributed by atoms with Gasteiger partial charge in [0.15, 0.2) is 0 Å². The number of fused-ring (bicyclic) bond motifs is 1. The molecule has 0 saturated carbocycles. The third kappa shape index (κ3) is 4.92. The minimum atomic E-state index is -1.26. The third-order valence-electron chi connectivity index (χ3n) is 7.35. The van der Waals surface area contributed by atoms with Crippen LogP contribution < -0.4 is 16.0 Å². The number of hydrogen-bond acceptors (Lipinski definition) is 5. The number of ether oxygens (including phenoxy) is 1. The van der Waals surface area contributed by atoms with Crippen molar-refractivity contribution in [2.45, 2.75) is 58.1 Å². The highest BCUT2D eigenvalue weighted by Crippen LogP contribution is 2.48. The number of nitrogens with two attached hydrogens (primary N) is 1. The smallest absolute Gasteiger partial charge is 0.414 e. The molecular weight excluding hydrogens is 475 g/mol. The average molecular weight is 511 g/mol. The summed E-state index contributed by atoms with van der Waals surface area (Å²) in [6.45, 7) is 9.69. The van der Waals surface area contributed by atoms with Crippen molar-refractivity contribution in [3.05, 3.63) is 59.4 Å². The van der Waals surface area contributed by atoms with Gasteiger partial charge < -0.3 is 15.8 Å². The van der Waals surface area contributed by atoms with Crippen LogP contribution in [0.5, 0.6) is 0 Å². The second-order valence-corrected chi connectivity index (χ2v) is 10.9.